The van der Waals surface area contributed by atoms with Crippen molar-refractivity contribution in [2.24, 2.45) is 5.92 Å². The van der Waals surface area contributed by atoms with Gasteiger partial charge in [0.05, 0.1) is 0 Å². The molecule has 0 bridgehead atoms. The van der Waals surface area contributed by atoms with Gasteiger partial charge in [0.15, 0.2) is 0 Å². The summed E-state index contributed by atoms with van der Waals surface area (Å²) in [7, 11) is 0. The molecule has 0 spiro atoms. The Morgan fingerprint density at radius 3 is 2.30 bits per heavy atom. The van der Waals surface area contributed by atoms with Crippen LogP contribution in [0.5, 0.6) is 5.75 Å². The van der Waals surface area contributed by atoms with Gasteiger partial charge in [-0.1, -0.05) is 0 Å². The highest BCUT2D eigenvalue weighted by atomic mass is 19.4. The Kier molecular flexibility index (Phi) is 6.04. The number of alkyl halides is 3. The molecule has 1 unspecified atom stereocenters. The van der Waals surface area contributed by atoms with Crippen molar-refractivity contribution in [1.82, 2.24) is 0 Å². The number of rotatable bonds is 5. The topological polar surface area (TPSA) is 76.1 Å². The van der Waals surface area contributed by atoms with Gasteiger partial charge in [-0.15, -0.1) is 13.2 Å². The van der Waals surface area contributed by atoms with Crippen molar-refractivity contribution in [3.8, 4) is 5.75 Å². The molecule has 0 aromatic heterocycles. The van der Waals surface area contributed by atoms with E-state index in [4.69, 9.17) is 4.74 Å². The SMILES string of the molecule is CC(=O)N(c1ccc(OC(F)(F)F)c(C)c1)C(C)(C(=O)O)C1CCOCC1. The summed E-state index contributed by atoms with van der Waals surface area (Å²) in [6.45, 7) is 4.86. The number of hydrogen-bond donors (Lipinski definition) is 1. The van der Waals surface area contributed by atoms with E-state index < -0.39 is 29.5 Å². The fourth-order valence-electron chi connectivity index (χ4n) is 3.50. The lowest BCUT2D eigenvalue weighted by Gasteiger charge is -2.44. The van der Waals surface area contributed by atoms with Crippen LogP contribution in [0, 0.1) is 12.8 Å². The van der Waals surface area contributed by atoms with E-state index in [-0.39, 0.29) is 17.2 Å². The van der Waals surface area contributed by atoms with Crippen molar-refractivity contribution in [1.29, 1.82) is 0 Å². The number of hydrogen-bond acceptors (Lipinski definition) is 4. The number of halogens is 3. The number of carboxylic acid groups (broad SMARTS) is 1. The molecule has 0 radical (unpaired) electrons. The van der Waals surface area contributed by atoms with Crippen LogP contribution in [0.1, 0.15) is 32.3 Å². The molecule has 1 N–H and O–H groups in total. The molecule has 2 rings (SSSR count). The van der Waals surface area contributed by atoms with Crippen LogP contribution in [-0.2, 0) is 14.3 Å². The third kappa shape index (κ3) is 4.52. The van der Waals surface area contributed by atoms with Gasteiger partial charge in [0.1, 0.15) is 11.3 Å². The number of aryl methyl sites for hydroxylation is 1. The lowest BCUT2D eigenvalue weighted by molar-refractivity contribution is -0.274. The molecule has 0 saturated carbocycles. The van der Waals surface area contributed by atoms with E-state index >= 15 is 0 Å². The zero-order chi connectivity index (χ0) is 20.4. The zero-order valence-electron chi connectivity index (χ0n) is 15.3. The summed E-state index contributed by atoms with van der Waals surface area (Å²) in [4.78, 5) is 25.7. The number of aliphatic carboxylic acids is 1. The molecule has 150 valence electrons. The quantitative estimate of drug-likeness (QED) is 0.834. The van der Waals surface area contributed by atoms with Crippen LogP contribution in [0.2, 0.25) is 0 Å². The fraction of sp³-hybridized carbons (Fsp3) is 0.556. The van der Waals surface area contributed by atoms with Crippen LogP contribution in [-0.4, -0.2) is 42.1 Å². The summed E-state index contributed by atoms with van der Waals surface area (Å²) >= 11 is 0. The molecule has 1 aromatic rings. The van der Waals surface area contributed by atoms with E-state index in [1.54, 1.807) is 0 Å². The Morgan fingerprint density at radius 1 is 1.26 bits per heavy atom. The number of carbonyl (C=O) groups excluding carboxylic acids is 1. The van der Waals surface area contributed by atoms with Crippen LogP contribution >= 0.6 is 0 Å². The summed E-state index contributed by atoms with van der Waals surface area (Å²) in [5.41, 5.74) is -1.23. The van der Waals surface area contributed by atoms with Crippen molar-refractivity contribution in [2.75, 3.05) is 18.1 Å². The summed E-state index contributed by atoms with van der Waals surface area (Å²) in [5, 5.41) is 9.93. The van der Waals surface area contributed by atoms with Gasteiger partial charge >= 0.3 is 12.3 Å². The van der Waals surface area contributed by atoms with E-state index in [9.17, 15) is 27.9 Å². The minimum atomic E-state index is -4.84. The van der Waals surface area contributed by atoms with Gasteiger partial charge in [-0.25, -0.2) is 4.79 Å². The van der Waals surface area contributed by atoms with Crippen LogP contribution in [0.3, 0.4) is 0 Å². The number of ether oxygens (including phenoxy) is 2. The monoisotopic (exact) mass is 389 g/mol. The fourth-order valence-corrected chi connectivity index (χ4v) is 3.50. The highest BCUT2D eigenvalue weighted by molar-refractivity contribution is 6.00. The average Bonchev–Trinajstić information content (AvgIpc) is 2.56. The van der Waals surface area contributed by atoms with Crippen molar-refractivity contribution in [3.63, 3.8) is 0 Å². The zero-order valence-corrected chi connectivity index (χ0v) is 15.3. The van der Waals surface area contributed by atoms with Gasteiger partial charge in [-0.2, -0.15) is 0 Å². The molecule has 6 nitrogen and oxygen atoms in total. The van der Waals surface area contributed by atoms with Gasteiger partial charge in [0.25, 0.3) is 0 Å². The second kappa shape index (κ2) is 7.75. The third-order valence-electron chi connectivity index (χ3n) is 4.87. The molecule has 1 aromatic carbocycles. The first-order valence-electron chi connectivity index (χ1n) is 8.45. The van der Waals surface area contributed by atoms with Crippen molar-refractivity contribution in [2.45, 2.75) is 45.5 Å². The molecular formula is C18H22F3NO5. The lowest BCUT2D eigenvalue weighted by Crippen LogP contribution is -2.60. The largest absolute Gasteiger partial charge is 0.573 e. The normalized spacial score (nSPS) is 17.9. The lowest BCUT2D eigenvalue weighted by atomic mass is 9.78. The summed E-state index contributed by atoms with van der Waals surface area (Å²) in [5.74, 6) is -2.47. The third-order valence-corrected chi connectivity index (χ3v) is 4.87. The maximum absolute atomic E-state index is 12.5. The Balaban J connectivity index is 2.47. The molecular weight excluding hydrogens is 367 g/mol. The maximum Gasteiger partial charge on any atom is 0.573 e. The van der Waals surface area contributed by atoms with Crippen molar-refractivity contribution in [3.05, 3.63) is 23.8 Å². The highest BCUT2D eigenvalue weighted by Gasteiger charge is 2.49. The van der Waals surface area contributed by atoms with E-state index in [0.29, 0.717) is 26.1 Å². The highest BCUT2D eigenvalue weighted by Crippen LogP contribution is 2.38. The summed E-state index contributed by atoms with van der Waals surface area (Å²) in [6.07, 6.45) is -3.92. The Labute approximate surface area is 154 Å². The molecule has 1 fully saturated rings. The molecule has 1 saturated heterocycles. The molecule has 27 heavy (non-hydrogen) atoms. The molecule has 1 atom stereocenters. The van der Waals surface area contributed by atoms with Gasteiger partial charge in [-0.05, 0) is 56.4 Å². The number of amides is 1. The molecule has 1 aliphatic heterocycles. The van der Waals surface area contributed by atoms with E-state index in [0.717, 1.165) is 11.0 Å². The van der Waals surface area contributed by atoms with Crippen molar-refractivity contribution >= 4 is 17.6 Å². The minimum absolute atomic E-state index is 0.135. The van der Waals surface area contributed by atoms with Gasteiger partial charge in [0.2, 0.25) is 5.91 Å². The first-order valence-corrected chi connectivity index (χ1v) is 8.45. The first kappa shape index (κ1) is 21.0. The Morgan fingerprint density at radius 2 is 1.85 bits per heavy atom. The minimum Gasteiger partial charge on any atom is -0.479 e. The number of carboxylic acids is 1. The number of benzene rings is 1. The van der Waals surface area contributed by atoms with E-state index in [2.05, 4.69) is 4.74 Å². The maximum atomic E-state index is 12.5. The van der Waals surface area contributed by atoms with Crippen LogP contribution in [0.15, 0.2) is 18.2 Å². The second-order valence-electron chi connectivity index (χ2n) is 6.69. The van der Waals surface area contributed by atoms with Gasteiger partial charge in [-0.3, -0.25) is 9.69 Å². The summed E-state index contributed by atoms with van der Waals surface area (Å²) in [6, 6.07) is 3.67. The Hall–Kier alpha value is -2.29. The van der Waals surface area contributed by atoms with Gasteiger partial charge < -0.3 is 14.6 Å². The molecule has 9 heteroatoms. The molecule has 1 aliphatic rings. The number of anilines is 1. The van der Waals surface area contributed by atoms with E-state index in [1.807, 2.05) is 0 Å². The van der Waals surface area contributed by atoms with Crippen LogP contribution < -0.4 is 9.64 Å². The predicted octanol–water partition coefficient (Wildman–Crippen LogP) is 3.52. The van der Waals surface area contributed by atoms with Crippen LogP contribution in [0.4, 0.5) is 18.9 Å². The number of nitrogens with zero attached hydrogens (tertiary/aromatic N) is 1. The summed E-state index contributed by atoms with van der Waals surface area (Å²) < 4.78 is 46.6. The predicted molar refractivity (Wildman–Crippen MR) is 90.6 cm³/mol. The van der Waals surface area contributed by atoms with Crippen molar-refractivity contribution < 1.29 is 37.3 Å². The standard InChI is InChI=1S/C18H22F3NO5/c1-11-10-14(4-5-15(11)27-18(19,20)21)22(12(2)23)17(3,16(24)25)13-6-8-26-9-7-13/h4-5,10,13H,6-9H2,1-3H3,(H,24,25). The second-order valence-corrected chi connectivity index (χ2v) is 6.69. The molecule has 0 aliphatic carbocycles. The first-order chi connectivity index (χ1) is 12.5. The average molecular weight is 389 g/mol. The van der Waals surface area contributed by atoms with Gasteiger partial charge in [0, 0.05) is 25.8 Å². The molecule has 1 amide bonds. The number of carbonyl (C=O) groups is 2. The Bertz CT molecular complexity index is 715. The molecule has 1 heterocycles. The van der Waals surface area contributed by atoms with Crippen LogP contribution in [0.25, 0.3) is 0 Å². The van der Waals surface area contributed by atoms with E-state index in [1.165, 1.54) is 32.9 Å². The smallest absolute Gasteiger partial charge is 0.479 e.